The summed E-state index contributed by atoms with van der Waals surface area (Å²) in [5, 5.41) is 6.13. The molecule has 1 fully saturated rings. The van der Waals surface area contributed by atoms with E-state index in [-0.39, 0.29) is 12.5 Å². The lowest BCUT2D eigenvalue weighted by atomic mass is 10.2. The van der Waals surface area contributed by atoms with Crippen molar-refractivity contribution in [2.75, 3.05) is 43.1 Å². The number of hydrogen-bond acceptors (Lipinski definition) is 5. The second kappa shape index (κ2) is 8.42. The van der Waals surface area contributed by atoms with Crippen molar-refractivity contribution in [1.29, 1.82) is 0 Å². The first-order valence-electron chi connectivity index (χ1n) is 8.14. The largest absolute Gasteiger partial charge is 0.378 e. The second-order valence-electron chi connectivity index (χ2n) is 5.63. The minimum absolute atomic E-state index is 0.0559. The fraction of sp³-hybridized carbons (Fsp3) is 0.333. The number of para-hydroxylation sites is 2. The number of ether oxygens (including phenoxy) is 1. The average molecular weight is 326 g/mol. The van der Waals surface area contributed by atoms with Crippen LogP contribution < -0.4 is 15.5 Å². The molecule has 1 aromatic heterocycles. The number of nitrogens with one attached hydrogen (secondary N) is 2. The van der Waals surface area contributed by atoms with Gasteiger partial charge >= 0.3 is 0 Å². The second-order valence-corrected chi connectivity index (χ2v) is 5.63. The zero-order valence-corrected chi connectivity index (χ0v) is 13.6. The number of hydrogen-bond donors (Lipinski definition) is 2. The molecule has 0 radical (unpaired) electrons. The molecule has 0 atom stereocenters. The molecule has 2 N–H and O–H groups in total. The number of benzene rings is 1. The van der Waals surface area contributed by atoms with Gasteiger partial charge in [-0.1, -0.05) is 18.2 Å². The predicted molar refractivity (Wildman–Crippen MR) is 94.0 cm³/mol. The maximum absolute atomic E-state index is 12.2. The van der Waals surface area contributed by atoms with Crippen molar-refractivity contribution in [3.63, 3.8) is 0 Å². The quantitative estimate of drug-likeness (QED) is 0.845. The molecule has 2 aromatic rings. The van der Waals surface area contributed by atoms with E-state index >= 15 is 0 Å². The van der Waals surface area contributed by atoms with E-state index in [9.17, 15) is 4.79 Å². The zero-order valence-electron chi connectivity index (χ0n) is 13.6. The van der Waals surface area contributed by atoms with Gasteiger partial charge in [-0.25, -0.2) is 0 Å². The molecule has 0 spiro atoms. The van der Waals surface area contributed by atoms with E-state index < -0.39 is 0 Å². The summed E-state index contributed by atoms with van der Waals surface area (Å²) in [5.74, 6) is -0.0559. The summed E-state index contributed by atoms with van der Waals surface area (Å²) in [6, 6.07) is 11.7. The number of morpholine rings is 1. The Kier molecular flexibility index (Phi) is 5.76. The highest BCUT2D eigenvalue weighted by atomic mass is 16.5. The van der Waals surface area contributed by atoms with Gasteiger partial charge in [-0.3, -0.25) is 9.78 Å². The smallest absolute Gasteiger partial charge is 0.238 e. The van der Waals surface area contributed by atoms with E-state index in [1.54, 1.807) is 12.4 Å². The Morgan fingerprint density at radius 3 is 2.79 bits per heavy atom. The molecule has 3 rings (SSSR count). The van der Waals surface area contributed by atoms with Crippen LogP contribution in [-0.2, 0) is 16.1 Å². The maximum Gasteiger partial charge on any atom is 0.238 e. The van der Waals surface area contributed by atoms with Crippen molar-refractivity contribution < 1.29 is 9.53 Å². The molecular formula is C18H22N4O2. The van der Waals surface area contributed by atoms with Crippen LogP contribution in [0.15, 0.2) is 48.8 Å². The van der Waals surface area contributed by atoms with Crippen LogP contribution in [0.25, 0.3) is 0 Å². The molecule has 24 heavy (non-hydrogen) atoms. The molecule has 0 aliphatic carbocycles. The lowest BCUT2D eigenvalue weighted by Crippen LogP contribution is -2.37. The fourth-order valence-corrected chi connectivity index (χ4v) is 2.68. The highest BCUT2D eigenvalue weighted by Crippen LogP contribution is 2.26. The number of aromatic nitrogens is 1. The Labute approximate surface area is 141 Å². The SMILES string of the molecule is O=C(CNCc1cccnc1)Nc1ccccc1N1CCOCC1. The molecule has 0 saturated carbocycles. The van der Waals surface area contributed by atoms with Gasteiger partial charge in [0.25, 0.3) is 0 Å². The van der Waals surface area contributed by atoms with E-state index in [1.807, 2.05) is 36.4 Å². The topological polar surface area (TPSA) is 66.5 Å². The molecule has 126 valence electrons. The molecule has 0 unspecified atom stereocenters. The molecular weight excluding hydrogens is 304 g/mol. The van der Waals surface area contributed by atoms with Crippen LogP contribution >= 0.6 is 0 Å². The van der Waals surface area contributed by atoms with E-state index in [4.69, 9.17) is 4.74 Å². The van der Waals surface area contributed by atoms with Gasteiger partial charge in [0.2, 0.25) is 5.91 Å². The highest BCUT2D eigenvalue weighted by Gasteiger charge is 2.15. The fourth-order valence-electron chi connectivity index (χ4n) is 2.68. The summed E-state index contributed by atoms with van der Waals surface area (Å²) in [5.41, 5.74) is 2.94. The third kappa shape index (κ3) is 4.53. The van der Waals surface area contributed by atoms with Crippen molar-refractivity contribution in [2.45, 2.75) is 6.54 Å². The number of anilines is 2. The minimum Gasteiger partial charge on any atom is -0.378 e. The Balaban J connectivity index is 1.54. The van der Waals surface area contributed by atoms with Gasteiger partial charge in [0.1, 0.15) is 0 Å². The number of rotatable bonds is 6. The Bertz CT molecular complexity index is 657. The predicted octanol–water partition coefficient (Wildman–Crippen LogP) is 1.65. The first-order valence-corrected chi connectivity index (χ1v) is 8.14. The third-order valence-corrected chi connectivity index (χ3v) is 3.87. The molecule has 0 bridgehead atoms. The summed E-state index contributed by atoms with van der Waals surface area (Å²) < 4.78 is 5.39. The summed E-state index contributed by atoms with van der Waals surface area (Å²) in [6.45, 7) is 3.99. The first-order chi connectivity index (χ1) is 11.8. The van der Waals surface area contributed by atoms with Gasteiger partial charge in [-0.2, -0.15) is 0 Å². The van der Waals surface area contributed by atoms with Crippen molar-refractivity contribution >= 4 is 17.3 Å². The summed E-state index contributed by atoms with van der Waals surface area (Å²) in [6.07, 6.45) is 3.53. The van der Waals surface area contributed by atoms with E-state index in [0.29, 0.717) is 6.54 Å². The van der Waals surface area contributed by atoms with Crippen LogP contribution in [0, 0.1) is 0 Å². The summed E-state index contributed by atoms with van der Waals surface area (Å²) in [4.78, 5) is 18.5. The van der Waals surface area contributed by atoms with Gasteiger partial charge in [0.05, 0.1) is 31.1 Å². The standard InChI is InChI=1S/C18H22N4O2/c23-18(14-20-13-15-4-3-7-19-12-15)21-16-5-1-2-6-17(16)22-8-10-24-11-9-22/h1-7,12,20H,8-11,13-14H2,(H,21,23). The monoisotopic (exact) mass is 326 g/mol. The molecule has 6 heteroatoms. The molecule has 1 saturated heterocycles. The molecule has 6 nitrogen and oxygen atoms in total. The zero-order chi connectivity index (χ0) is 16.6. The van der Waals surface area contributed by atoms with Crippen LogP contribution in [0.2, 0.25) is 0 Å². The first kappa shape index (κ1) is 16.4. The highest BCUT2D eigenvalue weighted by molar-refractivity contribution is 5.95. The van der Waals surface area contributed by atoms with E-state index in [2.05, 4.69) is 20.5 Å². The van der Waals surface area contributed by atoms with Crippen LogP contribution in [0.1, 0.15) is 5.56 Å². The molecule has 1 aliphatic heterocycles. The normalized spacial score (nSPS) is 14.4. The summed E-state index contributed by atoms with van der Waals surface area (Å²) in [7, 11) is 0. The Morgan fingerprint density at radius 2 is 2.00 bits per heavy atom. The van der Waals surface area contributed by atoms with Crippen LogP contribution in [0.5, 0.6) is 0 Å². The van der Waals surface area contributed by atoms with Crippen LogP contribution in [0.3, 0.4) is 0 Å². The van der Waals surface area contributed by atoms with Gasteiger partial charge in [0.15, 0.2) is 0 Å². The lowest BCUT2D eigenvalue weighted by Gasteiger charge is -2.30. The van der Waals surface area contributed by atoms with Gasteiger partial charge in [-0.05, 0) is 23.8 Å². The minimum atomic E-state index is -0.0559. The Morgan fingerprint density at radius 1 is 1.17 bits per heavy atom. The van der Waals surface area contributed by atoms with Crippen LogP contribution in [-0.4, -0.2) is 43.7 Å². The van der Waals surface area contributed by atoms with Gasteiger partial charge in [-0.15, -0.1) is 0 Å². The van der Waals surface area contributed by atoms with Crippen LogP contribution in [0.4, 0.5) is 11.4 Å². The number of amides is 1. The third-order valence-electron chi connectivity index (χ3n) is 3.87. The number of carbonyl (C=O) groups excluding carboxylic acids is 1. The molecule has 2 heterocycles. The Hall–Kier alpha value is -2.44. The lowest BCUT2D eigenvalue weighted by molar-refractivity contribution is -0.115. The van der Waals surface area contributed by atoms with E-state index in [1.165, 1.54) is 0 Å². The van der Waals surface area contributed by atoms with Crippen molar-refractivity contribution in [3.8, 4) is 0 Å². The number of pyridine rings is 1. The van der Waals surface area contributed by atoms with Crippen molar-refractivity contribution in [2.24, 2.45) is 0 Å². The van der Waals surface area contributed by atoms with Crippen molar-refractivity contribution in [3.05, 3.63) is 54.4 Å². The van der Waals surface area contributed by atoms with Gasteiger partial charge in [0, 0.05) is 32.0 Å². The number of carbonyl (C=O) groups is 1. The van der Waals surface area contributed by atoms with E-state index in [0.717, 1.165) is 43.2 Å². The summed E-state index contributed by atoms with van der Waals surface area (Å²) >= 11 is 0. The molecule has 1 aromatic carbocycles. The molecule has 1 aliphatic rings. The van der Waals surface area contributed by atoms with Crippen molar-refractivity contribution in [1.82, 2.24) is 10.3 Å². The maximum atomic E-state index is 12.2. The number of nitrogens with zero attached hydrogens (tertiary/aromatic N) is 2. The average Bonchev–Trinajstić information content (AvgIpc) is 2.64. The van der Waals surface area contributed by atoms with Gasteiger partial charge < -0.3 is 20.3 Å². The molecule has 1 amide bonds.